The van der Waals surface area contributed by atoms with Crippen LogP contribution in [0.2, 0.25) is 0 Å². The number of furan rings is 1. The number of amides is 1. The van der Waals surface area contributed by atoms with E-state index in [2.05, 4.69) is 14.5 Å². The SMILES string of the molecule is COC(=O)c1cc(CN(C)C(=O)c2ccc(OCC(F)(F)F)nc2)oc1C. The molecule has 0 N–H and O–H groups in total. The minimum absolute atomic E-state index is 0.0724. The molecule has 146 valence electrons. The van der Waals surface area contributed by atoms with Crippen molar-refractivity contribution in [1.29, 1.82) is 0 Å². The number of aromatic nitrogens is 1. The van der Waals surface area contributed by atoms with Crippen LogP contribution in [0.15, 0.2) is 28.8 Å². The fourth-order valence-electron chi connectivity index (χ4n) is 2.21. The molecule has 0 radical (unpaired) electrons. The number of nitrogens with zero attached hydrogens (tertiary/aromatic N) is 2. The minimum Gasteiger partial charge on any atom is -0.468 e. The lowest BCUT2D eigenvalue weighted by atomic mass is 10.2. The van der Waals surface area contributed by atoms with Gasteiger partial charge in [0, 0.05) is 19.3 Å². The predicted octanol–water partition coefficient (Wildman–Crippen LogP) is 2.98. The first kappa shape index (κ1) is 20.3. The number of halogens is 3. The predicted molar refractivity (Wildman–Crippen MR) is 86.4 cm³/mol. The Labute approximate surface area is 152 Å². The smallest absolute Gasteiger partial charge is 0.422 e. The van der Waals surface area contributed by atoms with Crippen LogP contribution >= 0.6 is 0 Å². The Morgan fingerprint density at radius 1 is 1.30 bits per heavy atom. The molecule has 27 heavy (non-hydrogen) atoms. The van der Waals surface area contributed by atoms with Gasteiger partial charge in [-0.05, 0) is 19.1 Å². The second kappa shape index (κ2) is 8.11. The third kappa shape index (κ3) is 5.47. The van der Waals surface area contributed by atoms with E-state index in [-0.39, 0.29) is 23.6 Å². The number of alkyl halides is 3. The molecule has 0 atom stereocenters. The average molecular weight is 386 g/mol. The van der Waals surface area contributed by atoms with Gasteiger partial charge in [-0.1, -0.05) is 0 Å². The number of rotatable bonds is 6. The Bertz CT molecular complexity index is 815. The van der Waals surface area contributed by atoms with Crippen molar-refractivity contribution < 1.29 is 36.7 Å². The summed E-state index contributed by atoms with van der Waals surface area (Å²) in [5, 5.41) is 0. The number of aryl methyl sites for hydroxylation is 1. The maximum absolute atomic E-state index is 12.4. The molecule has 1 amide bonds. The molecule has 0 saturated carbocycles. The number of ether oxygens (including phenoxy) is 2. The Morgan fingerprint density at radius 2 is 2.00 bits per heavy atom. The van der Waals surface area contributed by atoms with Gasteiger partial charge in [-0.15, -0.1) is 0 Å². The molecule has 0 fully saturated rings. The molecule has 2 aromatic rings. The van der Waals surface area contributed by atoms with Crippen LogP contribution in [0.1, 0.15) is 32.2 Å². The third-order valence-electron chi connectivity index (χ3n) is 3.48. The zero-order valence-electron chi connectivity index (χ0n) is 14.8. The summed E-state index contributed by atoms with van der Waals surface area (Å²) in [6.07, 6.45) is -3.35. The highest BCUT2D eigenvalue weighted by molar-refractivity contribution is 5.94. The van der Waals surface area contributed by atoms with Gasteiger partial charge in [-0.3, -0.25) is 4.79 Å². The molecule has 0 saturated heterocycles. The van der Waals surface area contributed by atoms with Crippen molar-refractivity contribution >= 4 is 11.9 Å². The van der Waals surface area contributed by atoms with E-state index >= 15 is 0 Å². The van der Waals surface area contributed by atoms with Gasteiger partial charge < -0.3 is 18.8 Å². The fraction of sp³-hybridized carbons (Fsp3) is 0.353. The zero-order chi connectivity index (χ0) is 20.2. The molecule has 7 nitrogen and oxygen atoms in total. The summed E-state index contributed by atoms with van der Waals surface area (Å²) in [4.78, 5) is 29.0. The molecule has 0 aliphatic rings. The van der Waals surface area contributed by atoms with Crippen LogP contribution in [0.3, 0.4) is 0 Å². The maximum atomic E-state index is 12.4. The molecule has 0 spiro atoms. The van der Waals surface area contributed by atoms with Gasteiger partial charge in [0.25, 0.3) is 5.91 Å². The van der Waals surface area contributed by atoms with E-state index in [0.717, 1.165) is 6.20 Å². The highest BCUT2D eigenvalue weighted by Crippen LogP contribution is 2.19. The van der Waals surface area contributed by atoms with Crippen LogP contribution < -0.4 is 4.74 Å². The van der Waals surface area contributed by atoms with Gasteiger partial charge in [0.2, 0.25) is 5.88 Å². The van der Waals surface area contributed by atoms with Crippen LogP contribution in [-0.4, -0.2) is 48.7 Å². The second-order valence-electron chi connectivity index (χ2n) is 5.62. The van der Waals surface area contributed by atoms with Crippen LogP contribution in [0.4, 0.5) is 13.2 Å². The van der Waals surface area contributed by atoms with E-state index in [1.54, 1.807) is 6.92 Å². The van der Waals surface area contributed by atoms with Crippen LogP contribution in [-0.2, 0) is 11.3 Å². The fourth-order valence-corrected chi connectivity index (χ4v) is 2.21. The first-order valence-corrected chi connectivity index (χ1v) is 7.69. The van der Waals surface area contributed by atoms with Gasteiger partial charge in [-0.2, -0.15) is 13.2 Å². The van der Waals surface area contributed by atoms with E-state index in [0.29, 0.717) is 11.5 Å². The van der Waals surface area contributed by atoms with Gasteiger partial charge in [0.05, 0.1) is 19.2 Å². The van der Waals surface area contributed by atoms with Crippen molar-refractivity contribution in [2.24, 2.45) is 0 Å². The topological polar surface area (TPSA) is 81.9 Å². The summed E-state index contributed by atoms with van der Waals surface area (Å²) in [5.74, 6) is -0.475. The molecular weight excluding hydrogens is 369 g/mol. The average Bonchev–Trinajstić information content (AvgIpc) is 2.98. The number of pyridine rings is 1. The number of hydrogen-bond acceptors (Lipinski definition) is 6. The van der Waals surface area contributed by atoms with Gasteiger partial charge >= 0.3 is 12.1 Å². The van der Waals surface area contributed by atoms with E-state index < -0.39 is 24.7 Å². The summed E-state index contributed by atoms with van der Waals surface area (Å²) >= 11 is 0. The number of carbonyl (C=O) groups is 2. The number of hydrogen-bond donors (Lipinski definition) is 0. The van der Waals surface area contributed by atoms with E-state index in [9.17, 15) is 22.8 Å². The van der Waals surface area contributed by atoms with Crippen LogP contribution in [0.5, 0.6) is 5.88 Å². The highest BCUT2D eigenvalue weighted by atomic mass is 19.4. The summed E-state index contributed by atoms with van der Waals surface area (Å²) in [6, 6.07) is 3.97. The first-order chi connectivity index (χ1) is 12.6. The van der Waals surface area contributed by atoms with E-state index in [1.807, 2.05) is 0 Å². The lowest BCUT2D eigenvalue weighted by Gasteiger charge is -2.15. The van der Waals surface area contributed by atoms with E-state index in [1.165, 1.54) is 37.3 Å². The van der Waals surface area contributed by atoms with Crippen LogP contribution in [0, 0.1) is 6.92 Å². The molecule has 2 heterocycles. The Balaban J connectivity index is 2.01. The molecule has 0 bridgehead atoms. The third-order valence-corrected chi connectivity index (χ3v) is 3.48. The highest BCUT2D eigenvalue weighted by Gasteiger charge is 2.28. The van der Waals surface area contributed by atoms with Gasteiger partial charge in [0.15, 0.2) is 6.61 Å². The Morgan fingerprint density at radius 3 is 2.56 bits per heavy atom. The quantitative estimate of drug-likeness (QED) is 0.710. The molecular formula is C17H17F3N2O5. The lowest BCUT2D eigenvalue weighted by Crippen LogP contribution is -2.26. The van der Waals surface area contributed by atoms with Crippen molar-refractivity contribution in [3.8, 4) is 5.88 Å². The normalized spacial score (nSPS) is 11.2. The number of esters is 1. The van der Waals surface area contributed by atoms with Crippen molar-refractivity contribution in [3.63, 3.8) is 0 Å². The number of carbonyl (C=O) groups excluding carboxylic acids is 2. The summed E-state index contributed by atoms with van der Waals surface area (Å²) < 4.78 is 50.9. The van der Waals surface area contributed by atoms with Crippen molar-refractivity contribution in [1.82, 2.24) is 9.88 Å². The molecule has 0 aromatic carbocycles. The maximum Gasteiger partial charge on any atom is 0.422 e. The summed E-state index contributed by atoms with van der Waals surface area (Å²) in [6.45, 7) is 0.206. The molecule has 0 aliphatic carbocycles. The first-order valence-electron chi connectivity index (χ1n) is 7.69. The molecule has 0 unspecified atom stereocenters. The van der Waals surface area contributed by atoms with E-state index in [4.69, 9.17) is 4.42 Å². The molecule has 10 heteroatoms. The molecule has 2 rings (SSSR count). The largest absolute Gasteiger partial charge is 0.468 e. The second-order valence-corrected chi connectivity index (χ2v) is 5.62. The zero-order valence-corrected chi connectivity index (χ0v) is 14.8. The lowest BCUT2D eigenvalue weighted by molar-refractivity contribution is -0.154. The summed E-state index contributed by atoms with van der Waals surface area (Å²) in [7, 11) is 2.76. The minimum atomic E-state index is -4.47. The van der Waals surface area contributed by atoms with Crippen molar-refractivity contribution in [2.75, 3.05) is 20.8 Å². The number of methoxy groups -OCH3 is 1. The van der Waals surface area contributed by atoms with Crippen LogP contribution in [0.25, 0.3) is 0 Å². The Kier molecular flexibility index (Phi) is 6.09. The standard InChI is InChI=1S/C17H17F3N2O5/c1-10-13(16(24)25-3)6-12(27-10)8-22(2)15(23)11-4-5-14(21-7-11)26-9-17(18,19)20/h4-7H,8-9H2,1-3H3. The molecule has 2 aromatic heterocycles. The Hall–Kier alpha value is -3.04. The molecule has 0 aliphatic heterocycles. The van der Waals surface area contributed by atoms with Crippen molar-refractivity contribution in [2.45, 2.75) is 19.6 Å². The summed E-state index contributed by atoms with van der Waals surface area (Å²) in [5.41, 5.74) is 0.425. The van der Waals surface area contributed by atoms with Crippen molar-refractivity contribution in [3.05, 3.63) is 47.0 Å². The van der Waals surface area contributed by atoms with Gasteiger partial charge in [-0.25, -0.2) is 9.78 Å². The van der Waals surface area contributed by atoms with Gasteiger partial charge in [0.1, 0.15) is 17.1 Å². The monoisotopic (exact) mass is 386 g/mol.